The molecule has 1 unspecified atom stereocenters. The second-order valence-corrected chi connectivity index (χ2v) is 5.32. The van der Waals surface area contributed by atoms with Crippen LogP contribution in [-0.2, 0) is 0 Å². The highest BCUT2D eigenvalue weighted by Crippen LogP contribution is 2.40. The first kappa shape index (κ1) is 11.3. The average Bonchev–Trinajstić information content (AvgIpc) is 2.26. The Morgan fingerprint density at radius 3 is 2.89 bits per heavy atom. The molecule has 1 aliphatic rings. The summed E-state index contributed by atoms with van der Waals surface area (Å²) in [6.45, 7) is 3.82. The number of hydrogen-bond donors (Lipinski definition) is 2. The molecule has 18 heavy (non-hydrogen) atoms. The molecule has 1 aliphatic heterocycles. The van der Waals surface area contributed by atoms with Crippen LogP contribution in [0.4, 0.5) is 0 Å². The smallest absolute Gasteiger partial charge is 0.258 e. The van der Waals surface area contributed by atoms with E-state index in [4.69, 9.17) is 4.74 Å². The normalized spacial score (nSPS) is 21.4. The van der Waals surface area contributed by atoms with E-state index in [1.165, 1.54) is 0 Å². The van der Waals surface area contributed by atoms with Crippen LogP contribution in [0.3, 0.4) is 0 Å². The van der Waals surface area contributed by atoms with E-state index in [-0.39, 0.29) is 5.56 Å². The summed E-state index contributed by atoms with van der Waals surface area (Å²) in [6.07, 6.45) is -0.362. The molecule has 4 nitrogen and oxygen atoms in total. The molecule has 1 aromatic carbocycles. The Morgan fingerprint density at radius 1 is 1.39 bits per heavy atom. The summed E-state index contributed by atoms with van der Waals surface area (Å²) >= 11 is 0. The van der Waals surface area contributed by atoms with Crippen LogP contribution in [0.5, 0.6) is 5.75 Å². The van der Waals surface area contributed by atoms with Gasteiger partial charge in [-0.05, 0) is 26.0 Å². The van der Waals surface area contributed by atoms with Crippen molar-refractivity contribution >= 4 is 10.9 Å². The second-order valence-electron chi connectivity index (χ2n) is 5.32. The molecule has 4 heteroatoms. The summed E-state index contributed by atoms with van der Waals surface area (Å²) in [4.78, 5) is 14.8. The van der Waals surface area contributed by atoms with E-state index >= 15 is 0 Å². The number of H-pyrrole nitrogens is 1. The molecule has 0 aliphatic carbocycles. The Hall–Kier alpha value is -1.81. The third-order valence-electron chi connectivity index (χ3n) is 3.31. The number of fused-ring (bicyclic) bond motifs is 3. The fourth-order valence-corrected chi connectivity index (χ4v) is 2.53. The number of hydrogen-bond acceptors (Lipinski definition) is 3. The molecule has 0 amide bonds. The molecule has 1 atom stereocenters. The Morgan fingerprint density at radius 2 is 2.11 bits per heavy atom. The van der Waals surface area contributed by atoms with Crippen molar-refractivity contribution in [1.82, 2.24) is 4.98 Å². The van der Waals surface area contributed by atoms with E-state index in [0.717, 1.165) is 10.9 Å². The lowest BCUT2D eigenvalue weighted by atomic mass is 9.91. The SMILES string of the molecule is CC1(C)CC(O)c2c(c3ccccc3[nH]c2=O)O1. The Bertz CT molecular complexity index is 672. The van der Waals surface area contributed by atoms with Crippen LogP contribution in [-0.4, -0.2) is 15.7 Å². The minimum Gasteiger partial charge on any atom is -0.486 e. The lowest BCUT2D eigenvalue weighted by molar-refractivity contribution is 0.0120. The topological polar surface area (TPSA) is 62.3 Å². The summed E-state index contributed by atoms with van der Waals surface area (Å²) in [7, 11) is 0. The van der Waals surface area contributed by atoms with E-state index in [1.54, 1.807) is 0 Å². The first-order valence-electron chi connectivity index (χ1n) is 6.00. The number of nitrogens with one attached hydrogen (secondary N) is 1. The van der Waals surface area contributed by atoms with Gasteiger partial charge in [0.25, 0.3) is 5.56 Å². The van der Waals surface area contributed by atoms with Gasteiger partial charge in [-0.3, -0.25) is 4.79 Å². The third kappa shape index (κ3) is 1.61. The summed E-state index contributed by atoms with van der Waals surface area (Å²) < 4.78 is 5.90. The van der Waals surface area contributed by atoms with Gasteiger partial charge in [0, 0.05) is 11.8 Å². The number of pyridine rings is 1. The predicted molar refractivity (Wildman–Crippen MR) is 68.9 cm³/mol. The van der Waals surface area contributed by atoms with Crippen molar-refractivity contribution in [3.63, 3.8) is 0 Å². The maximum absolute atomic E-state index is 12.0. The number of rotatable bonds is 0. The molecular weight excluding hydrogens is 230 g/mol. The lowest BCUT2D eigenvalue weighted by Gasteiger charge is -2.35. The number of aromatic amines is 1. The number of para-hydroxylation sites is 1. The van der Waals surface area contributed by atoms with Crippen molar-refractivity contribution < 1.29 is 9.84 Å². The van der Waals surface area contributed by atoms with Crippen molar-refractivity contribution in [3.05, 3.63) is 40.2 Å². The molecule has 0 saturated heterocycles. The van der Waals surface area contributed by atoms with Gasteiger partial charge in [0.2, 0.25) is 0 Å². The first-order chi connectivity index (χ1) is 8.48. The van der Waals surface area contributed by atoms with Crippen LogP contribution >= 0.6 is 0 Å². The molecule has 2 heterocycles. The van der Waals surface area contributed by atoms with Gasteiger partial charge in [-0.15, -0.1) is 0 Å². The zero-order valence-corrected chi connectivity index (χ0v) is 10.4. The number of aliphatic hydroxyl groups is 1. The van der Waals surface area contributed by atoms with Gasteiger partial charge >= 0.3 is 0 Å². The summed E-state index contributed by atoms with van der Waals surface area (Å²) in [5.41, 5.74) is 0.328. The van der Waals surface area contributed by atoms with Gasteiger partial charge in [0.1, 0.15) is 11.4 Å². The number of benzene rings is 1. The largest absolute Gasteiger partial charge is 0.486 e. The number of aromatic nitrogens is 1. The van der Waals surface area contributed by atoms with E-state index in [9.17, 15) is 9.90 Å². The first-order valence-corrected chi connectivity index (χ1v) is 6.00. The van der Waals surface area contributed by atoms with Crippen molar-refractivity contribution in [2.75, 3.05) is 0 Å². The molecule has 0 saturated carbocycles. The summed E-state index contributed by atoms with van der Waals surface area (Å²) in [5.74, 6) is 0.512. The van der Waals surface area contributed by atoms with E-state index < -0.39 is 11.7 Å². The van der Waals surface area contributed by atoms with E-state index in [0.29, 0.717) is 17.7 Å². The molecule has 1 aromatic heterocycles. The molecule has 0 bridgehead atoms. The molecule has 2 N–H and O–H groups in total. The Balaban J connectivity index is 2.38. The highest BCUT2D eigenvalue weighted by molar-refractivity contribution is 5.86. The van der Waals surface area contributed by atoms with Gasteiger partial charge in [0.15, 0.2) is 0 Å². The van der Waals surface area contributed by atoms with Gasteiger partial charge in [-0.2, -0.15) is 0 Å². The molecule has 0 fully saturated rings. The van der Waals surface area contributed by atoms with Crippen molar-refractivity contribution in [2.45, 2.75) is 32.0 Å². The lowest BCUT2D eigenvalue weighted by Crippen LogP contribution is -2.37. The van der Waals surface area contributed by atoms with Gasteiger partial charge in [-0.25, -0.2) is 0 Å². The van der Waals surface area contributed by atoms with Gasteiger partial charge < -0.3 is 14.8 Å². The molecule has 0 radical (unpaired) electrons. The van der Waals surface area contributed by atoms with Crippen LogP contribution in [0, 0.1) is 0 Å². The Kier molecular flexibility index (Phi) is 2.25. The van der Waals surface area contributed by atoms with Gasteiger partial charge in [0.05, 0.1) is 17.2 Å². The van der Waals surface area contributed by atoms with E-state index in [2.05, 4.69) is 4.98 Å². The maximum atomic E-state index is 12.0. The van der Waals surface area contributed by atoms with Gasteiger partial charge in [-0.1, -0.05) is 12.1 Å². The minimum absolute atomic E-state index is 0.272. The molecule has 94 valence electrons. The molecule has 3 rings (SSSR count). The van der Waals surface area contributed by atoms with Crippen LogP contribution in [0.1, 0.15) is 31.9 Å². The summed E-state index contributed by atoms with van der Waals surface area (Å²) in [6, 6.07) is 7.46. The van der Waals surface area contributed by atoms with Crippen LogP contribution in [0.2, 0.25) is 0 Å². The number of aliphatic hydroxyl groups excluding tert-OH is 1. The minimum atomic E-state index is -0.780. The van der Waals surface area contributed by atoms with Crippen LogP contribution in [0.15, 0.2) is 29.1 Å². The van der Waals surface area contributed by atoms with E-state index in [1.807, 2.05) is 38.1 Å². The fraction of sp³-hybridized carbons (Fsp3) is 0.357. The third-order valence-corrected chi connectivity index (χ3v) is 3.31. The van der Waals surface area contributed by atoms with Crippen LogP contribution in [0.25, 0.3) is 10.9 Å². The van der Waals surface area contributed by atoms with Crippen molar-refractivity contribution in [2.24, 2.45) is 0 Å². The van der Waals surface area contributed by atoms with Crippen molar-refractivity contribution in [1.29, 1.82) is 0 Å². The maximum Gasteiger partial charge on any atom is 0.258 e. The highest BCUT2D eigenvalue weighted by Gasteiger charge is 2.35. The molecule has 0 spiro atoms. The average molecular weight is 245 g/mol. The van der Waals surface area contributed by atoms with Crippen LogP contribution < -0.4 is 10.3 Å². The second kappa shape index (κ2) is 3.59. The standard InChI is InChI=1S/C14H15NO3/c1-14(2)7-10(16)11-12(18-14)8-5-3-4-6-9(8)15-13(11)17/h3-6,10,16H,7H2,1-2H3,(H,15,17). The molecule has 2 aromatic rings. The molecular formula is C14H15NO3. The summed E-state index contributed by atoms with van der Waals surface area (Å²) in [5, 5.41) is 11.0. The monoisotopic (exact) mass is 245 g/mol. The fourth-order valence-electron chi connectivity index (χ4n) is 2.53. The Labute approximate surface area is 104 Å². The predicted octanol–water partition coefficient (Wildman–Crippen LogP) is 2.12. The zero-order valence-electron chi connectivity index (χ0n) is 10.4. The van der Waals surface area contributed by atoms with Crippen molar-refractivity contribution in [3.8, 4) is 5.75 Å². The number of ether oxygens (including phenoxy) is 1. The quantitative estimate of drug-likeness (QED) is 0.747. The highest BCUT2D eigenvalue weighted by atomic mass is 16.5. The zero-order chi connectivity index (χ0) is 12.9.